The van der Waals surface area contributed by atoms with E-state index in [2.05, 4.69) is 10.6 Å². The lowest BCUT2D eigenvalue weighted by Crippen LogP contribution is -2.47. The first-order valence-corrected chi connectivity index (χ1v) is 6.13. The molecule has 2 rings (SSSR count). The van der Waals surface area contributed by atoms with Crippen molar-refractivity contribution in [3.05, 3.63) is 0 Å². The van der Waals surface area contributed by atoms with Gasteiger partial charge in [-0.2, -0.15) is 0 Å². The zero-order chi connectivity index (χ0) is 11.8. The zero-order valence-electron chi connectivity index (χ0n) is 10.2. The van der Waals surface area contributed by atoms with Crippen LogP contribution in [0.2, 0.25) is 0 Å². The Hall–Kier alpha value is -0.610. The summed E-state index contributed by atoms with van der Waals surface area (Å²) in [4.78, 5) is 12.0. The Morgan fingerprint density at radius 2 is 2.12 bits per heavy atom. The largest absolute Gasteiger partial charge is 0.394 e. The molecule has 3 N–H and O–H groups in total. The van der Waals surface area contributed by atoms with Gasteiger partial charge in [-0.3, -0.25) is 4.79 Å². The van der Waals surface area contributed by atoms with Crippen LogP contribution in [-0.2, 0) is 4.79 Å². The number of aliphatic hydroxyl groups excluding tert-OH is 1. The van der Waals surface area contributed by atoms with Crippen LogP contribution in [0.3, 0.4) is 0 Å². The summed E-state index contributed by atoms with van der Waals surface area (Å²) in [6.07, 6.45) is 3.26. The van der Waals surface area contributed by atoms with Gasteiger partial charge in [0.15, 0.2) is 0 Å². The van der Waals surface area contributed by atoms with Gasteiger partial charge in [-0.1, -0.05) is 0 Å². The van der Waals surface area contributed by atoms with Gasteiger partial charge in [0.2, 0.25) is 5.91 Å². The average Bonchev–Trinajstić information content (AvgIpc) is 2.93. The van der Waals surface area contributed by atoms with E-state index in [1.54, 1.807) is 0 Å². The summed E-state index contributed by atoms with van der Waals surface area (Å²) < 4.78 is 0. The molecule has 0 bridgehead atoms. The minimum Gasteiger partial charge on any atom is -0.394 e. The van der Waals surface area contributed by atoms with Crippen molar-refractivity contribution in [1.29, 1.82) is 0 Å². The number of carbonyl (C=O) groups excluding carboxylic acids is 1. The number of rotatable bonds is 3. The summed E-state index contributed by atoms with van der Waals surface area (Å²) in [7, 11) is 0. The number of hydrogen-bond donors (Lipinski definition) is 3. The second-order valence-electron chi connectivity index (χ2n) is 5.90. The fraction of sp³-hybridized carbons (Fsp3) is 0.917. The fourth-order valence-corrected chi connectivity index (χ4v) is 2.66. The number of hydrogen-bond acceptors (Lipinski definition) is 3. The smallest absolute Gasteiger partial charge is 0.224 e. The molecule has 1 saturated carbocycles. The minimum absolute atomic E-state index is 0.0139. The molecule has 1 unspecified atom stereocenters. The quantitative estimate of drug-likeness (QED) is 0.647. The SMILES string of the molecule is CC(C)(CO)NC(=O)C1CC12CCNCC2. The van der Waals surface area contributed by atoms with Crippen molar-refractivity contribution in [2.24, 2.45) is 11.3 Å². The molecule has 16 heavy (non-hydrogen) atoms. The maximum atomic E-state index is 12.0. The van der Waals surface area contributed by atoms with Crippen molar-refractivity contribution >= 4 is 5.91 Å². The highest BCUT2D eigenvalue weighted by atomic mass is 16.3. The maximum Gasteiger partial charge on any atom is 0.224 e. The topological polar surface area (TPSA) is 61.4 Å². The van der Waals surface area contributed by atoms with Gasteiger partial charge in [-0.15, -0.1) is 0 Å². The molecular formula is C12H22N2O2. The summed E-state index contributed by atoms with van der Waals surface area (Å²) in [6, 6.07) is 0. The third-order valence-corrected chi connectivity index (χ3v) is 3.96. The van der Waals surface area contributed by atoms with E-state index < -0.39 is 5.54 Å². The molecule has 0 radical (unpaired) electrons. The van der Waals surface area contributed by atoms with E-state index in [0.29, 0.717) is 0 Å². The van der Waals surface area contributed by atoms with Crippen LogP contribution in [0.1, 0.15) is 33.1 Å². The Bertz CT molecular complexity index is 283. The zero-order valence-corrected chi connectivity index (χ0v) is 10.2. The summed E-state index contributed by atoms with van der Waals surface area (Å²) in [5.74, 6) is 0.307. The molecule has 0 aromatic rings. The summed E-state index contributed by atoms with van der Waals surface area (Å²) in [5.41, 5.74) is -0.214. The standard InChI is InChI=1S/C12H22N2O2/c1-11(2,8-15)14-10(16)9-7-12(9)3-5-13-6-4-12/h9,13,15H,3-8H2,1-2H3,(H,14,16). The Morgan fingerprint density at radius 1 is 1.50 bits per heavy atom. The predicted molar refractivity (Wildman–Crippen MR) is 62.0 cm³/mol. The van der Waals surface area contributed by atoms with Gasteiger partial charge in [0.25, 0.3) is 0 Å². The Morgan fingerprint density at radius 3 is 2.69 bits per heavy atom. The Balaban J connectivity index is 1.89. The molecule has 92 valence electrons. The molecule has 4 heteroatoms. The Labute approximate surface area is 96.8 Å². The van der Waals surface area contributed by atoms with Crippen molar-refractivity contribution < 1.29 is 9.90 Å². The van der Waals surface area contributed by atoms with Gasteiger partial charge in [0, 0.05) is 5.92 Å². The molecule has 1 aliphatic heterocycles. The average molecular weight is 226 g/mol. The lowest BCUT2D eigenvalue weighted by atomic mass is 9.91. The lowest BCUT2D eigenvalue weighted by Gasteiger charge is -2.26. The molecule has 4 nitrogen and oxygen atoms in total. The van der Waals surface area contributed by atoms with Crippen LogP contribution in [0.5, 0.6) is 0 Å². The third-order valence-electron chi connectivity index (χ3n) is 3.96. The van der Waals surface area contributed by atoms with Gasteiger partial charge in [-0.25, -0.2) is 0 Å². The van der Waals surface area contributed by atoms with Gasteiger partial charge < -0.3 is 15.7 Å². The van der Waals surface area contributed by atoms with Gasteiger partial charge in [0.1, 0.15) is 0 Å². The molecule has 1 spiro atoms. The van der Waals surface area contributed by atoms with Crippen molar-refractivity contribution in [2.75, 3.05) is 19.7 Å². The molecule has 1 heterocycles. The molecule has 2 aliphatic rings. The number of nitrogens with one attached hydrogen (secondary N) is 2. The van der Waals surface area contributed by atoms with Gasteiger partial charge in [-0.05, 0) is 51.6 Å². The molecule has 1 atom stereocenters. The number of amides is 1. The van der Waals surface area contributed by atoms with Crippen LogP contribution >= 0.6 is 0 Å². The van der Waals surface area contributed by atoms with E-state index in [1.807, 2.05) is 13.8 Å². The summed E-state index contributed by atoms with van der Waals surface area (Å²) >= 11 is 0. The molecule has 1 amide bonds. The normalized spacial score (nSPS) is 27.8. The van der Waals surface area contributed by atoms with E-state index in [4.69, 9.17) is 5.11 Å². The second-order valence-corrected chi connectivity index (χ2v) is 5.90. The number of carbonyl (C=O) groups is 1. The Kier molecular flexibility index (Phi) is 2.97. The van der Waals surface area contributed by atoms with Crippen LogP contribution in [0, 0.1) is 11.3 Å². The second kappa shape index (κ2) is 4.00. The highest BCUT2D eigenvalue weighted by Gasteiger charge is 2.57. The van der Waals surface area contributed by atoms with Crippen molar-refractivity contribution in [1.82, 2.24) is 10.6 Å². The van der Waals surface area contributed by atoms with Crippen LogP contribution in [0.25, 0.3) is 0 Å². The number of piperidine rings is 1. The van der Waals surface area contributed by atoms with E-state index in [9.17, 15) is 4.79 Å². The molecule has 1 aliphatic carbocycles. The lowest BCUT2D eigenvalue weighted by molar-refractivity contribution is -0.125. The third kappa shape index (κ3) is 2.23. The minimum atomic E-state index is -0.492. The van der Waals surface area contributed by atoms with E-state index in [-0.39, 0.29) is 23.8 Å². The molecule has 1 saturated heterocycles. The highest BCUT2D eigenvalue weighted by Crippen LogP contribution is 2.58. The fourth-order valence-electron chi connectivity index (χ4n) is 2.66. The summed E-state index contributed by atoms with van der Waals surface area (Å²) in [5, 5.41) is 15.4. The maximum absolute atomic E-state index is 12.0. The van der Waals surface area contributed by atoms with Crippen LogP contribution in [0.4, 0.5) is 0 Å². The first-order chi connectivity index (χ1) is 7.49. The van der Waals surface area contributed by atoms with Gasteiger partial charge in [0.05, 0.1) is 12.1 Å². The van der Waals surface area contributed by atoms with Crippen molar-refractivity contribution in [2.45, 2.75) is 38.6 Å². The van der Waals surface area contributed by atoms with Crippen LogP contribution in [-0.4, -0.2) is 36.2 Å². The van der Waals surface area contributed by atoms with Gasteiger partial charge >= 0.3 is 0 Å². The van der Waals surface area contributed by atoms with Crippen LogP contribution < -0.4 is 10.6 Å². The van der Waals surface area contributed by atoms with Crippen LogP contribution in [0.15, 0.2) is 0 Å². The predicted octanol–water partition coefficient (Wildman–Crippen LogP) is 0.263. The first-order valence-electron chi connectivity index (χ1n) is 6.13. The van der Waals surface area contributed by atoms with Crippen molar-refractivity contribution in [3.8, 4) is 0 Å². The molecule has 0 aromatic carbocycles. The number of aliphatic hydroxyl groups is 1. The van der Waals surface area contributed by atoms with E-state index in [1.165, 1.54) is 0 Å². The summed E-state index contributed by atoms with van der Waals surface area (Å²) in [6.45, 7) is 5.76. The molecule has 2 fully saturated rings. The monoisotopic (exact) mass is 226 g/mol. The highest BCUT2D eigenvalue weighted by molar-refractivity contribution is 5.83. The first kappa shape index (κ1) is 11.9. The van der Waals surface area contributed by atoms with E-state index in [0.717, 1.165) is 32.4 Å². The van der Waals surface area contributed by atoms with E-state index >= 15 is 0 Å². The van der Waals surface area contributed by atoms with Crippen molar-refractivity contribution in [3.63, 3.8) is 0 Å². The molecular weight excluding hydrogens is 204 g/mol. The molecule has 0 aromatic heterocycles.